The molecule has 2 saturated heterocycles. The first kappa shape index (κ1) is 15.1. The largest absolute Gasteiger partial charge is 0.349 e. The van der Waals surface area contributed by atoms with E-state index < -0.39 is 0 Å². The summed E-state index contributed by atoms with van der Waals surface area (Å²) in [5, 5.41) is 1.24. The van der Waals surface area contributed by atoms with E-state index in [-0.39, 0.29) is 5.91 Å². The second-order valence-electron chi connectivity index (χ2n) is 6.81. The lowest BCUT2D eigenvalue weighted by molar-refractivity contribution is -0.127. The highest BCUT2D eigenvalue weighted by Crippen LogP contribution is 2.32. The lowest BCUT2D eigenvalue weighted by atomic mass is 10.1. The summed E-state index contributed by atoms with van der Waals surface area (Å²) in [4.78, 5) is 18.3. The van der Waals surface area contributed by atoms with Gasteiger partial charge in [0.2, 0.25) is 5.91 Å². The van der Waals surface area contributed by atoms with Crippen LogP contribution in [-0.4, -0.2) is 58.8 Å². The van der Waals surface area contributed by atoms with Crippen LogP contribution in [0.15, 0.2) is 35.4 Å². The molecule has 3 heterocycles. The van der Waals surface area contributed by atoms with Crippen molar-refractivity contribution in [3.05, 3.63) is 30.5 Å². The summed E-state index contributed by atoms with van der Waals surface area (Å²) in [6.45, 7) is 3.04. The van der Waals surface area contributed by atoms with Crippen LogP contribution in [-0.2, 0) is 11.8 Å². The molecule has 2 aromatic rings. The zero-order valence-corrected chi connectivity index (χ0v) is 14.6. The fraction of sp³-hybridized carbons (Fsp3) is 0.500. The van der Waals surface area contributed by atoms with Gasteiger partial charge in [0.1, 0.15) is 0 Å². The predicted molar refractivity (Wildman–Crippen MR) is 94.7 cm³/mol. The molecule has 0 aliphatic carbocycles. The number of aromatic nitrogens is 1. The molecule has 1 aromatic heterocycles. The van der Waals surface area contributed by atoms with E-state index in [0.29, 0.717) is 17.7 Å². The van der Waals surface area contributed by atoms with Crippen molar-refractivity contribution in [2.24, 2.45) is 13.0 Å². The van der Waals surface area contributed by atoms with Gasteiger partial charge < -0.3 is 14.4 Å². The van der Waals surface area contributed by atoms with Crippen molar-refractivity contribution < 1.29 is 4.79 Å². The van der Waals surface area contributed by atoms with Crippen LogP contribution < -0.4 is 0 Å². The Morgan fingerprint density at radius 3 is 2.91 bits per heavy atom. The third kappa shape index (κ3) is 2.66. The number of thioether (sulfide) groups is 1. The number of likely N-dealkylation sites (tertiary alicyclic amines) is 2. The summed E-state index contributed by atoms with van der Waals surface area (Å²) in [6, 6.07) is 8.96. The number of fused-ring (bicyclic) bond motifs is 2. The van der Waals surface area contributed by atoms with E-state index in [1.54, 1.807) is 11.8 Å². The number of benzene rings is 1. The average molecular weight is 329 g/mol. The van der Waals surface area contributed by atoms with Gasteiger partial charge in [-0.2, -0.15) is 0 Å². The molecule has 122 valence electrons. The van der Waals surface area contributed by atoms with E-state index in [2.05, 4.69) is 58.9 Å². The van der Waals surface area contributed by atoms with Crippen molar-refractivity contribution in [3.8, 4) is 0 Å². The summed E-state index contributed by atoms with van der Waals surface area (Å²) < 4.78 is 2.14. The molecule has 23 heavy (non-hydrogen) atoms. The average Bonchev–Trinajstić information content (AvgIpc) is 3.21. The molecule has 0 saturated carbocycles. The van der Waals surface area contributed by atoms with Crippen molar-refractivity contribution in [2.45, 2.75) is 17.4 Å². The van der Waals surface area contributed by atoms with Crippen LogP contribution in [0.5, 0.6) is 0 Å². The molecule has 0 radical (unpaired) electrons. The predicted octanol–water partition coefficient (Wildman–Crippen LogP) is 2.43. The van der Waals surface area contributed by atoms with Gasteiger partial charge in [0, 0.05) is 48.2 Å². The number of rotatable bonds is 3. The first-order valence-corrected chi connectivity index (χ1v) is 9.27. The molecule has 5 heteroatoms. The van der Waals surface area contributed by atoms with E-state index in [1.165, 1.54) is 28.8 Å². The van der Waals surface area contributed by atoms with Crippen molar-refractivity contribution in [1.29, 1.82) is 0 Å². The van der Waals surface area contributed by atoms with Crippen LogP contribution >= 0.6 is 11.8 Å². The van der Waals surface area contributed by atoms with Crippen LogP contribution in [0, 0.1) is 5.92 Å². The molecular formula is C18H23N3OS. The molecule has 0 bridgehead atoms. The molecule has 2 aliphatic heterocycles. The Balaban J connectivity index is 1.42. The number of para-hydroxylation sites is 1. The van der Waals surface area contributed by atoms with Gasteiger partial charge in [0.25, 0.3) is 0 Å². The van der Waals surface area contributed by atoms with Gasteiger partial charge >= 0.3 is 0 Å². The van der Waals surface area contributed by atoms with Crippen LogP contribution in [0.1, 0.15) is 6.42 Å². The third-order valence-corrected chi connectivity index (χ3v) is 6.42. The minimum Gasteiger partial charge on any atom is -0.349 e. The molecule has 2 atom stereocenters. The maximum absolute atomic E-state index is 12.6. The zero-order chi connectivity index (χ0) is 16.0. The fourth-order valence-electron chi connectivity index (χ4n) is 4.03. The second-order valence-corrected chi connectivity index (χ2v) is 7.82. The third-order valence-electron chi connectivity index (χ3n) is 5.39. The lowest BCUT2D eigenvalue weighted by Crippen LogP contribution is -2.35. The van der Waals surface area contributed by atoms with Gasteiger partial charge in [0.05, 0.1) is 5.75 Å². The van der Waals surface area contributed by atoms with Crippen molar-refractivity contribution in [1.82, 2.24) is 14.4 Å². The fourth-order valence-corrected chi connectivity index (χ4v) is 5.05. The summed E-state index contributed by atoms with van der Waals surface area (Å²) >= 11 is 1.67. The number of hydrogen-bond acceptors (Lipinski definition) is 3. The monoisotopic (exact) mass is 329 g/mol. The topological polar surface area (TPSA) is 28.5 Å². The summed E-state index contributed by atoms with van der Waals surface area (Å²) in [7, 11) is 4.25. The number of nitrogens with zero attached hydrogens (tertiary/aromatic N) is 3. The normalized spacial score (nSPS) is 24.5. The Kier molecular flexibility index (Phi) is 3.85. The molecule has 4 nitrogen and oxygen atoms in total. The SMILES string of the molecule is CN1CC[C@H]2CN(C(=O)CSc3cn(C)c4ccccc34)C[C@H]21. The molecule has 0 N–H and O–H groups in total. The summed E-state index contributed by atoms with van der Waals surface area (Å²) in [5.74, 6) is 1.51. The smallest absolute Gasteiger partial charge is 0.232 e. The molecule has 2 fully saturated rings. The van der Waals surface area contributed by atoms with E-state index in [0.717, 1.165) is 13.1 Å². The number of likely N-dealkylation sites (N-methyl/N-ethyl adjacent to an activating group) is 1. The Bertz CT molecular complexity index is 741. The molecule has 4 rings (SSSR count). The maximum atomic E-state index is 12.6. The highest BCUT2D eigenvalue weighted by molar-refractivity contribution is 8.00. The lowest BCUT2D eigenvalue weighted by Gasteiger charge is -2.20. The first-order valence-electron chi connectivity index (χ1n) is 8.28. The number of carbonyl (C=O) groups excluding carboxylic acids is 1. The first-order chi connectivity index (χ1) is 11.1. The Hall–Kier alpha value is -1.46. The summed E-state index contributed by atoms with van der Waals surface area (Å²) in [6.07, 6.45) is 3.37. The zero-order valence-electron chi connectivity index (χ0n) is 13.7. The minimum absolute atomic E-state index is 0.283. The number of aryl methyl sites for hydroxylation is 1. The van der Waals surface area contributed by atoms with E-state index >= 15 is 0 Å². The Labute approximate surface area is 141 Å². The summed E-state index contributed by atoms with van der Waals surface area (Å²) in [5.41, 5.74) is 1.22. The molecule has 1 amide bonds. The van der Waals surface area contributed by atoms with Gasteiger partial charge in [-0.05, 0) is 32.0 Å². The van der Waals surface area contributed by atoms with Gasteiger partial charge in [-0.1, -0.05) is 18.2 Å². The Morgan fingerprint density at radius 1 is 1.26 bits per heavy atom. The van der Waals surface area contributed by atoms with E-state index in [4.69, 9.17) is 0 Å². The quantitative estimate of drug-likeness (QED) is 0.810. The Morgan fingerprint density at radius 2 is 2.09 bits per heavy atom. The van der Waals surface area contributed by atoms with Crippen LogP contribution in [0.4, 0.5) is 0 Å². The minimum atomic E-state index is 0.283. The molecule has 2 aliphatic rings. The van der Waals surface area contributed by atoms with Gasteiger partial charge in [-0.3, -0.25) is 4.79 Å². The number of carbonyl (C=O) groups is 1. The highest BCUT2D eigenvalue weighted by atomic mass is 32.2. The van der Waals surface area contributed by atoms with E-state index in [1.807, 2.05) is 0 Å². The van der Waals surface area contributed by atoms with Crippen LogP contribution in [0.2, 0.25) is 0 Å². The number of hydrogen-bond donors (Lipinski definition) is 0. The van der Waals surface area contributed by atoms with Crippen LogP contribution in [0.3, 0.4) is 0 Å². The molecule has 1 aromatic carbocycles. The van der Waals surface area contributed by atoms with Gasteiger partial charge in [-0.15, -0.1) is 11.8 Å². The molecule has 0 unspecified atom stereocenters. The number of amides is 1. The van der Waals surface area contributed by atoms with Crippen molar-refractivity contribution in [3.63, 3.8) is 0 Å². The maximum Gasteiger partial charge on any atom is 0.232 e. The second kappa shape index (κ2) is 5.87. The van der Waals surface area contributed by atoms with E-state index in [9.17, 15) is 4.79 Å². The highest BCUT2D eigenvalue weighted by Gasteiger charge is 2.40. The van der Waals surface area contributed by atoms with Crippen LogP contribution in [0.25, 0.3) is 10.9 Å². The van der Waals surface area contributed by atoms with Crippen molar-refractivity contribution >= 4 is 28.6 Å². The molecule has 0 spiro atoms. The van der Waals surface area contributed by atoms with Crippen molar-refractivity contribution in [2.75, 3.05) is 32.4 Å². The standard InChI is InChI=1S/C18H23N3OS/c1-19-8-7-13-9-21(10-16(13)19)18(22)12-23-17-11-20(2)15-6-4-3-5-14(15)17/h3-6,11,13,16H,7-10,12H2,1-2H3/t13-,16+/m0/s1. The van der Waals surface area contributed by atoms with Gasteiger partial charge in [-0.25, -0.2) is 0 Å². The van der Waals surface area contributed by atoms with Gasteiger partial charge in [0.15, 0.2) is 0 Å². The molecular weight excluding hydrogens is 306 g/mol.